The molecule has 2 fully saturated rings. The Hall–Kier alpha value is -2.35. The molecule has 32 heavy (non-hydrogen) atoms. The van der Waals surface area contributed by atoms with E-state index in [2.05, 4.69) is 5.32 Å². The molecular formula is C24H24ClN3O3S. The summed E-state index contributed by atoms with van der Waals surface area (Å²) in [6.45, 7) is 1.12. The molecule has 0 unspecified atom stereocenters. The number of hydrogen-bond acceptors (Lipinski definition) is 5. The lowest BCUT2D eigenvalue weighted by Gasteiger charge is -2.21. The summed E-state index contributed by atoms with van der Waals surface area (Å²) in [7, 11) is 0. The van der Waals surface area contributed by atoms with Crippen LogP contribution < -0.4 is 10.9 Å². The van der Waals surface area contributed by atoms with Crippen LogP contribution in [0.15, 0.2) is 58.5 Å². The minimum absolute atomic E-state index is 0.0333. The van der Waals surface area contributed by atoms with Gasteiger partial charge in [0.15, 0.2) is 5.16 Å². The van der Waals surface area contributed by atoms with Crippen LogP contribution in [0.3, 0.4) is 0 Å². The SMILES string of the molecule is O=C(NC1CC1)[C@@H](Sc1nc2cc(Cl)ccc2c(=O)n1C[C@@H]1CCCO1)c1ccccc1. The van der Waals surface area contributed by atoms with Crippen molar-refractivity contribution in [2.75, 3.05) is 6.61 Å². The van der Waals surface area contributed by atoms with Crippen molar-refractivity contribution >= 4 is 40.2 Å². The standard InChI is InChI=1S/C24H24ClN3O3S/c25-16-8-11-19-20(13-16)27-24(28(23(19)30)14-18-7-4-12-31-18)32-21(15-5-2-1-3-6-15)22(29)26-17-9-10-17/h1-3,5-6,8,11,13,17-18,21H,4,7,9-10,12,14H2,(H,26,29)/t18-,21-/m0/s1. The smallest absolute Gasteiger partial charge is 0.262 e. The van der Waals surface area contributed by atoms with Gasteiger partial charge in [-0.1, -0.05) is 53.7 Å². The van der Waals surface area contributed by atoms with Gasteiger partial charge in [-0.25, -0.2) is 4.98 Å². The van der Waals surface area contributed by atoms with Gasteiger partial charge in [0, 0.05) is 17.7 Å². The van der Waals surface area contributed by atoms with Crippen LogP contribution in [0.2, 0.25) is 5.02 Å². The zero-order valence-electron chi connectivity index (χ0n) is 17.5. The van der Waals surface area contributed by atoms with Gasteiger partial charge in [0.25, 0.3) is 5.56 Å². The fourth-order valence-electron chi connectivity index (χ4n) is 3.93. The van der Waals surface area contributed by atoms with E-state index in [0.29, 0.717) is 34.2 Å². The molecule has 0 radical (unpaired) electrons. The number of aromatic nitrogens is 2. The molecule has 1 amide bonds. The fourth-order valence-corrected chi connectivity index (χ4v) is 5.21. The molecule has 3 aromatic rings. The molecule has 1 N–H and O–H groups in total. The molecule has 1 saturated carbocycles. The number of nitrogens with zero attached hydrogens (tertiary/aromatic N) is 2. The molecule has 0 bridgehead atoms. The molecule has 1 aliphatic heterocycles. The van der Waals surface area contributed by atoms with E-state index in [1.807, 2.05) is 30.3 Å². The van der Waals surface area contributed by atoms with Crippen LogP contribution in [0, 0.1) is 0 Å². The van der Waals surface area contributed by atoms with E-state index in [4.69, 9.17) is 21.3 Å². The van der Waals surface area contributed by atoms with E-state index in [0.717, 1.165) is 31.2 Å². The van der Waals surface area contributed by atoms with Crippen molar-refractivity contribution in [1.82, 2.24) is 14.9 Å². The molecule has 0 spiro atoms. The summed E-state index contributed by atoms with van der Waals surface area (Å²) < 4.78 is 7.46. The monoisotopic (exact) mass is 469 g/mol. The molecule has 2 aromatic carbocycles. The number of ether oxygens (including phenoxy) is 1. The first kappa shape index (κ1) is 21.5. The third-order valence-corrected chi connectivity index (χ3v) is 7.26. The van der Waals surface area contributed by atoms with Crippen molar-refractivity contribution in [2.45, 2.75) is 54.8 Å². The minimum Gasteiger partial charge on any atom is -0.376 e. The van der Waals surface area contributed by atoms with Gasteiger partial charge in [0.2, 0.25) is 5.91 Å². The predicted molar refractivity (Wildman–Crippen MR) is 126 cm³/mol. The van der Waals surface area contributed by atoms with Crippen molar-refractivity contribution in [3.05, 3.63) is 69.5 Å². The summed E-state index contributed by atoms with van der Waals surface area (Å²) in [4.78, 5) is 31.4. The van der Waals surface area contributed by atoms with E-state index in [1.54, 1.807) is 22.8 Å². The predicted octanol–water partition coefficient (Wildman–Crippen LogP) is 4.34. The highest BCUT2D eigenvalue weighted by atomic mass is 35.5. The number of thioether (sulfide) groups is 1. The molecule has 5 rings (SSSR count). The summed E-state index contributed by atoms with van der Waals surface area (Å²) in [5.41, 5.74) is 1.27. The van der Waals surface area contributed by atoms with Crippen molar-refractivity contribution < 1.29 is 9.53 Å². The van der Waals surface area contributed by atoms with Crippen LogP contribution in [-0.4, -0.2) is 34.2 Å². The Morgan fingerprint density at radius 3 is 2.75 bits per heavy atom. The van der Waals surface area contributed by atoms with Gasteiger partial charge in [-0.15, -0.1) is 0 Å². The van der Waals surface area contributed by atoms with Gasteiger partial charge < -0.3 is 10.1 Å². The largest absolute Gasteiger partial charge is 0.376 e. The summed E-state index contributed by atoms with van der Waals surface area (Å²) in [6, 6.07) is 15.0. The zero-order chi connectivity index (χ0) is 22.1. The van der Waals surface area contributed by atoms with Crippen LogP contribution in [0.25, 0.3) is 10.9 Å². The maximum Gasteiger partial charge on any atom is 0.262 e. The number of halogens is 1. The van der Waals surface area contributed by atoms with Crippen molar-refractivity contribution in [1.29, 1.82) is 0 Å². The van der Waals surface area contributed by atoms with E-state index in [1.165, 1.54) is 11.8 Å². The van der Waals surface area contributed by atoms with Crippen molar-refractivity contribution in [3.63, 3.8) is 0 Å². The molecule has 2 atom stereocenters. The highest BCUT2D eigenvalue weighted by Gasteiger charge is 2.31. The van der Waals surface area contributed by atoms with E-state index < -0.39 is 5.25 Å². The molecule has 8 heteroatoms. The Balaban J connectivity index is 1.57. The number of carbonyl (C=O) groups excluding carboxylic acids is 1. The summed E-state index contributed by atoms with van der Waals surface area (Å²) in [5.74, 6) is -0.0622. The Bertz CT molecular complexity index is 1190. The van der Waals surface area contributed by atoms with Gasteiger partial charge >= 0.3 is 0 Å². The first-order valence-electron chi connectivity index (χ1n) is 10.9. The molecule has 1 saturated heterocycles. The normalized spacial score (nSPS) is 19.2. The number of carbonyl (C=O) groups is 1. The first-order valence-corrected chi connectivity index (χ1v) is 12.2. The summed E-state index contributed by atoms with van der Waals surface area (Å²) in [5, 5.41) is 4.11. The average molecular weight is 470 g/mol. The zero-order valence-corrected chi connectivity index (χ0v) is 19.1. The molecule has 2 aliphatic rings. The Labute approximate surface area is 195 Å². The summed E-state index contributed by atoms with van der Waals surface area (Å²) >= 11 is 7.48. The lowest BCUT2D eigenvalue weighted by molar-refractivity contribution is -0.120. The Kier molecular flexibility index (Phi) is 6.22. The Morgan fingerprint density at radius 1 is 1.22 bits per heavy atom. The van der Waals surface area contributed by atoms with Gasteiger partial charge in [-0.3, -0.25) is 14.2 Å². The van der Waals surface area contributed by atoms with Crippen molar-refractivity contribution in [3.8, 4) is 0 Å². The first-order chi connectivity index (χ1) is 15.6. The van der Waals surface area contributed by atoms with E-state index >= 15 is 0 Å². The second-order valence-corrected chi connectivity index (χ2v) is 9.81. The van der Waals surface area contributed by atoms with Gasteiger partial charge in [-0.05, 0) is 49.4 Å². The quantitative estimate of drug-likeness (QED) is 0.411. The second kappa shape index (κ2) is 9.25. The number of nitrogens with one attached hydrogen (secondary N) is 1. The third kappa shape index (κ3) is 4.70. The van der Waals surface area contributed by atoms with Crippen LogP contribution >= 0.6 is 23.4 Å². The maximum atomic E-state index is 13.4. The topological polar surface area (TPSA) is 73.2 Å². The second-order valence-electron chi connectivity index (χ2n) is 8.30. The van der Waals surface area contributed by atoms with Crippen LogP contribution in [0.5, 0.6) is 0 Å². The Morgan fingerprint density at radius 2 is 2.03 bits per heavy atom. The molecule has 166 valence electrons. The summed E-state index contributed by atoms with van der Waals surface area (Å²) in [6.07, 6.45) is 3.87. The molecule has 1 aromatic heterocycles. The van der Waals surface area contributed by atoms with E-state index in [9.17, 15) is 9.59 Å². The molecule has 2 heterocycles. The van der Waals surface area contributed by atoms with Gasteiger partial charge in [0.1, 0.15) is 5.25 Å². The van der Waals surface area contributed by atoms with Gasteiger partial charge in [0.05, 0.1) is 23.6 Å². The molecular weight excluding hydrogens is 446 g/mol. The number of benzene rings is 2. The average Bonchev–Trinajstić information content (AvgIpc) is 3.45. The molecule has 1 aliphatic carbocycles. The maximum absolute atomic E-state index is 13.4. The highest BCUT2D eigenvalue weighted by Crippen LogP contribution is 2.36. The molecule has 6 nitrogen and oxygen atoms in total. The van der Waals surface area contributed by atoms with Crippen LogP contribution in [-0.2, 0) is 16.1 Å². The van der Waals surface area contributed by atoms with Crippen LogP contribution in [0.1, 0.15) is 36.5 Å². The number of hydrogen-bond donors (Lipinski definition) is 1. The van der Waals surface area contributed by atoms with E-state index in [-0.39, 0.29) is 23.6 Å². The lowest BCUT2D eigenvalue weighted by atomic mass is 10.1. The number of rotatable bonds is 7. The van der Waals surface area contributed by atoms with Crippen molar-refractivity contribution in [2.24, 2.45) is 0 Å². The minimum atomic E-state index is -0.518. The van der Waals surface area contributed by atoms with Gasteiger partial charge in [-0.2, -0.15) is 0 Å². The fraction of sp³-hybridized carbons (Fsp3) is 0.375. The number of fused-ring (bicyclic) bond motifs is 1. The van der Waals surface area contributed by atoms with Crippen LogP contribution in [0.4, 0.5) is 0 Å². The number of amides is 1. The highest BCUT2D eigenvalue weighted by molar-refractivity contribution is 8.00. The lowest BCUT2D eigenvalue weighted by Crippen LogP contribution is -2.32. The third-order valence-electron chi connectivity index (χ3n) is 5.78.